The van der Waals surface area contributed by atoms with Gasteiger partial charge in [0, 0.05) is 31.5 Å². The van der Waals surface area contributed by atoms with E-state index in [1.54, 1.807) is 11.1 Å². The van der Waals surface area contributed by atoms with Crippen LogP contribution in [0, 0.1) is 0 Å². The third kappa shape index (κ3) is 4.73. The molecule has 1 fully saturated rings. The molecule has 0 aromatic carbocycles. The van der Waals surface area contributed by atoms with E-state index in [4.69, 9.17) is 0 Å². The molecule has 0 atom stereocenters. The van der Waals surface area contributed by atoms with Crippen molar-refractivity contribution in [2.24, 2.45) is 0 Å². The zero-order valence-electron chi connectivity index (χ0n) is 13.3. The highest BCUT2D eigenvalue weighted by atomic mass is 16.2. The van der Waals surface area contributed by atoms with Crippen LogP contribution in [0.15, 0.2) is 18.3 Å². The van der Waals surface area contributed by atoms with Crippen LogP contribution in [0.1, 0.15) is 62.4 Å². The van der Waals surface area contributed by atoms with E-state index in [0.29, 0.717) is 11.7 Å². The number of carbonyl (C=O) groups excluding carboxylic acids is 1. The van der Waals surface area contributed by atoms with E-state index in [1.165, 1.54) is 32.1 Å². The van der Waals surface area contributed by atoms with Crippen LogP contribution in [0.3, 0.4) is 0 Å². The van der Waals surface area contributed by atoms with Crippen LogP contribution in [0.25, 0.3) is 0 Å². The molecule has 1 amide bonds. The van der Waals surface area contributed by atoms with Gasteiger partial charge in [0.25, 0.3) is 5.91 Å². The first-order chi connectivity index (χ1) is 10.2. The van der Waals surface area contributed by atoms with Crippen molar-refractivity contribution in [3.63, 3.8) is 0 Å². The number of unbranched alkanes of at least 4 members (excludes halogenated alkanes) is 1. The van der Waals surface area contributed by atoms with Crippen molar-refractivity contribution >= 4 is 11.6 Å². The maximum absolute atomic E-state index is 12.3. The van der Waals surface area contributed by atoms with E-state index in [2.05, 4.69) is 17.2 Å². The lowest BCUT2D eigenvalue weighted by molar-refractivity contribution is 0.0787. The van der Waals surface area contributed by atoms with Gasteiger partial charge in [-0.2, -0.15) is 0 Å². The van der Waals surface area contributed by atoms with Crippen LogP contribution in [0.5, 0.6) is 0 Å². The number of hydrogen-bond donors (Lipinski definition) is 1. The lowest BCUT2D eigenvalue weighted by atomic mass is 9.95. The normalized spacial score (nSPS) is 15.7. The van der Waals surface area contributed by atoms with Gasteiger partial charge in [0.1, 0.15) is 5.69 Å². The molecule has 0 unspecified atom stereocenters. The first-order valence-corrected chi connectivity index (χ1v) is 8.18. The number of nitrogens with one attached hydrogen (secondary N) is 1. The van der Waals surface area contributed by atoms with Crippen molar-refractivity contribution in [2.45, 2.75) is 57.9 Å². The third-order valence-electron chi connectivity index (χ3n) is 4.15. The van der Waals surface area contributed by atoms with Crippen molar-refractivity contribution in [3.8, 4) is 0 Å². The summed E-state index contributed by atoms with van der Waals surface area (Å²) >= 11 is 0. The number of hydrogen-bond acceptors (Lipinski definition) is 3. The Labute approximate surface area is 127 Å². The Kier molecular flexibility index (Phi) is 6.03. The van der Waals surface area contributed by atoms with Gasteiger partial charge in [-0.05, 0) is 31.4 Å². The highest BCUT2D eigenvalue weighted by Crippen LogP contribution is 2.21. The lowest BCUT2D eigenvalue weighted by Crippen LogP contribution is -2.28. The summed E-state index contributed by atoms with van der Waals surface area (Å²) in [5, 5.41) is 3.55. The maximum Gasteiger partial charge on any atom is 0.272 e. The topological polar surface area (TPSA) is 45.2 Å². The van der Waals surface area contributed by atoms with Gasteiger partial charge in [-0.1, -0.05) is 32.6 Å². The van der Waals surface area contributed by atoms with Crippen LogP contribution >= 0.6 is 0 Å². The minimum atomic E-state index is 0.00995. The summed E-state index contributed by atoms with van der Waals surface area (Å²) in [6, 6.07) is 4.39. The van der Waals surface area contributed by atoms with Gasteiger partial charge in [-0.15, -0.1) is 0 Å². The average Bonchev–Trinajstić information content (AvgIpc) is 2.53. The van der Waals surface area contributed by atoms with Gasteiger partial charge in [0.2, 0.25) is 0 Å². The molecule has 1 aromatic rings. The average molecular weight is 289 g/mol. The Hall–Kier alpha value is -1.58. The second-order valence-electron chi connectivity index (χ2n) is 5.99. The highest BCUT2D eigenvalue weighted by molar-refractivity contribution is 5.92. The Balaban J connectivity index is 1.97. The fraction of sp³-hybridized carbons (Fsp3) is 0.647. The summed E-state index contributed by atoms with van der Waals surface area (Å²) in [7, 11) is 1.85. The molecule has 0 aliphatic heterocycles. The molecule has 1 aliphatic carbocycles. The van der Waals surface area contributed by atoms with Crippen LogP contribution in [-0.2, 0) is 0 Å². The molecule has 1 aromatic heterocycles. The largest absolute Gasteiger partial charge is 0.382 e. The van der Waals surface area contributed by atoms with Crippen molar-refractivity contribution in [3.05, 3.63) is 24.0 Å². The molecule has 1 saturated carbocycles. The summed E-state index contributed by atoms with van der Waals surface area (Å²) < 4.78 is 0. The van der Waals surface area contributed by atoms with Crippen LogP contribution in [0.2, 0.25) is 0 Å². The van der Waals surface area contributed by atoms with Gasteiger partial charge in [0.15, 0.2) is 0 Å². The molecule has 4 nitrogen and oxygen atoms in total. The van der Waals surface area contributed by atoms with Gasteiger partial charge >= 0.3 is 0 Å². The Morgan fingerprint density at radius 2 is 2.14 bits per heavy atom. The molecular formula is C17H27N3O. The van der Waals surface area contributed by atoms with Crippen LogP contribution < -0.4 is 5.32 Å². The number of amides is 1. The number of nitrogens with zero attached hydrogens (tertiary/aromatic N) is 2. The first kappa shape index (κ1) is 15.8. The molecule has 0 saturated heterocycles. The van der Waals surface area contributed by atoms with Gasteiger partial charge in [0.05, 0.1) is 0 Å². The number of pyridine rings is 1. The summed E-state index contributed by atoms with van der Waals surface area (Å²) in [5.41, 5.74) is 1.55. The van der Waals surface area contributed by atoms with E-state index in [-0.39, 0.29) is 5.91 Å². The van der Waals surface area contributed by atoms with E-state index in [9.17, 15) is 4.79 Å². The number of anilines is 1. The molecule has 0 radical (unpaired) electrons. The standard InChI is InChI=1S/C17H27N3O/c1-3-4-12-20(2)17(21)16-13-15(10-11-18-16)19-14-8-6-5-7-9-14/h10-11,13-14H,3-9,12H2,1-2H3,(H,18,19). The fourth-order valence-electron chi connectivity index (χ4n) is 2.81. The zero-order chi connectivity index (χ0) is 15.1. The lowest BCUT2D eigenvalue weighted by Gasteiger charge is -2.24. The van der Waals surface area contributed by atoms with Gasteiger partial charge in [-0.3, -0.25) is 9.78 Å². The van der Waals surface area contributed by atoms with Crippen molar-refractivity contribution < 1.29 is 4.79 Å². The molecule has 1 aliphatic rings. The number of carbonyl (C=O) groups is 1. The zero-order valence-corrected chi connectivity index (χ0v) is 13.3. The Bertz CT molecular complexity index is 455. The molecule has 0 bridgehead atoms. The van der Waals surface area contributed by atoms with Gasteiger partial charge in [-0.25, -0.2) is 0 Å². The summed E-state index contributed by atoms with van der Waals surface area (Å²) in [5.74, 6) is 0.00995. The minimum absolute atomic E-state index is 0.00995. The SMILES string of the molecule is CCCCN(C)C(=O)c1cc(NC2CCCCC2)ccn1. The third-order valence-corrected chi connectivity index (χ3v) is 4.15. The molecule has 21 heavy (non-hydrogen) atoms. The van der Waals surface area contributed by atoms with Crippen LogP contribution in [-0.4, -0.2) is 35.4 Å². The molecule has 4 heteroatoms. The van der Waals surface area contributed by atoms with Crippen LogP contribution in [0.4, 0.5) is 5.69 Å². The summed E-state index contributed by atoms with van der Waals surface area (Å²) in [6.07, 6.45) is 10.2. The molecular weight excluding hydrogens is 262 g/mol. The van der Waals surface area contributed by atoms with Crippen molar-refractivity contribution in [1.82, 2.24) is 9.88 Å². The summed E-state index contributed by atoms with van der Waals surface area (Å²) in [4.78, 5) is 18.3. The predicted molar refractivity (Wildman–Crippen MR) is 86.6 cm³/mol. The monoisotopic (exact) mass is 289 g/mol. The smallest absolute Gasteiger partial charge is 0.272 e. The van der Waals surface area contributed by atoms with E-state index >= 15 is 0 Å². The summed E-state index contributed by atoms with van der Waals surface area (Å²) in [6.45, 7) is 2.92. The predicted octanol–water partition coefficient (Wildman–Crippen LogP) is 3.70. The Morgan fingerprint density at radius 1 is 1.38 bits per heavy atom. The van der Waals surface area contributed by atoms with Crippen molar-refractivity contribution in [2.75, 3.05) is 18.9 Å². The first-order valence-electron chi connectivity index (χ1n) is 8.18. The van der Waals surface area contributed by atoms with E-state index in [0.717, 1.165) is 25.1 Å². The van der Waals surface area contributed by atoms with E-state index in [1.807, 2.05) is 19.2 Å². The number of aromatic nitrogens is 1. The molecule has 1 heterocycles. The van der Waals surface area contributed by atoms with E-state index < -0.39 is 0 Å². The number of rotatable bonds is 6. The van der Waals surface area contributed by atoms with Gasteiger partial charge < -0.3 is 10.2 Å². The fourth-order valence-corrected chi connectivity index (χ4v) is 2.81. The molecule has 116 valence electrons. The molecule has 0 spiro atoms. The quantitative estimate of drug-likeness (QED) is 0.868. The minimum Gasteiger partial charge on any atom is -0.382 e. The van der Waals surface area contributed by atoms with Crippen molar-refractivity contribution in [1.29, 1.82) is 0 Å². The second kappa shape index (κ2) is 8.01. The Morgan fingerprint density at radius 3 is 2.86 bits per heavy atom. The molecule has 1 N–H and O–H groups in total. The highest BCUT2D eigenvalue weighted by Gasteiger charge is 2.16. The second-order valence-corrected chi connectivity index (χ2v) is 5.99. The maximum atomic E-state index is 12.3. The molecule has 2 rings (SSSR count).